The monoisotopic (exact) mass is 298 g/mol. The van der Waals surface area contributed by atoms with E-state index in [0.29, 0.717) is 18.8 Å². The van der Waals surface area contributed by atoms with E-state index in [0.717, 1.165) is 12.0 Å². The van der Waals surface area contributed by atoms with E-state index in [-0.39, 0.29) is 19.0 Å². The lowest BCUT2D eigenvalue weighted by Crippen LogP contribution is -2.52. The molecule has 1 saturated heterocycles. The quantitative estimate of drug-likeness (QED) is 0.821. The van der Waals surface area contributed by atoms with Gasteiger partial charge in [0.1, 0.15) is 5.69 Å². The molecule has 0 bridgehead atoms. The summed E-state index contributed by atoms with van der Waals surface area (Å²) in [6.45, 7) is 3.10. The fraction of sp³-hybridized carbons (Fsp3) is 0.500. The molecule has 8 heteroatoms. The molecule has 1 fully saturated rings. The molecule has 7 nitrogen and oxygen atoms in total. The van der Waals surface area contributed by atoms with Crippen LogP contribution in [-0.2, 0) is 16.6 Å². The molecule has 110 valence electrons. The van der Waals surface area contributed by atoms with E-state index in [9.17, 15) is 13.2 Å². The van der Waals surface area contributed by atoms with E-state index in [1.165, 1.54) is 4.31 Å². The number of hydrogen-bond donors (Lipinski definition) is 1. The number of carbonyl (C=O) groups excluding carboxylic acids is 1. The summed E-state index contributed by atoms with van der Waals surface area (Å²) in [5, 5.41) is 5.06. The van der Waals surface area contributed by atoms with Crippen LogP contribution in [0, 0.1) is 0 Å². The Morgan fingerprint density at radius 3 is 2.55 bits per heavy atom. The lowest BCUT2D eigenvalue weighted by molar-refractivity contribution is 0.0692. The Morgan fingerprint density at radius 1 is 1.35 bits per heavy atom. The SMILES string of the molecule is CCc1ccnc(C(=O)N2CCN(S(N)(=O)=O)CC2)c1. The van der Waals surface area contributed by atoms with Crippen LogP contribution >= 0.6 is 0 Å². The molecular weight excluding hydrogens is 280 g/mol. The second kappa shape index (κ2) is 5.86. The molecule has 0 unspecified atom stereocenters. The average Bonchev–Trinajstić information content (AvgIpc) is 2.46. The standard InChI is InChI=1S/C12H18N4O3S/c1-2-10-3-4-14-11(9-10)12(17)15-5-7-16(8-6-15)20(13,18)19/h3-4,9H,2,5-8H2,1H3,(H2,13,18,19). The first kappa shape index (κ1) is 14.9. The molecule has 2 rings (SSSR count). The van der Waals surface area contributed by atoms with Crippen molar-refractivity contribution in [3.05, 3.63) is 29.6 Å². The lowest BCUT2D eigenvalue weighted by Gasteiger charge is -2.32. The zero-order valence-corrected chi connectivity index (χ0v) is 12.1. The molecule has 0 aliphatic carbocycles. The molecule has 1 aliphatic heterocycles. The van der Waals surface area contributed by atoms with Crippen molar-refractivity contribution >= 4 is 16.1 Å². The first-order valence-electron chi connectivity index (χ1n) is 6.44. The molecule has 0 atom stereocenters. The smallest absolute Gasteiger partial charge is 0.277 e. The average molecular weight is 298 g/mol. The largest absolute Gasteiger partial charge is 0.335 e. The molecular formula is C12H18N4O3S. The van der Waals surface area contributed by atoms with Crippen LogP contribution in [0.5, 0.6) is 0 Å². The Morgan fingerprint density at radius 2 is 2.00 bits per heavy atom. The Bertz CT molecular complexity index is 594. The van der Waals surface area contributed by atoms with Crippen molar-refractivity contribution in [2.75, 3.05) is 26.2 Å². The number of hydrogen-bond acceptors (Lipinski definition) is 4. The van der Waals surface area contributed by atoms with E-state index < -0.39 is 10.2 Å². The number of nitrogens with zero attached hydrogens (tertiary/aromatic N) is 3. The second-order valence-electron chi connectivity index (χ2n) is 4.64. The van der Waals surface area contributed by atoms with Crippen LogP contribution in [0.3, 0.4) is 0 Å². The normalized spacial score (nSPS) is 17.2. The van der Waals surface area contributed by atoms with Crippen LogP contribution in [0.2, 0.25) is 0 Å². The number of pyridine rings is 1. The zero-order valence-electron chi connectivity index (χ0n) is 11.3. The van der Waals surface area contributed by atoms with Crippen LogP contribution in [0.4, 0.5) is 0 Å². The predicted octanol–water partition coefficient (Wildman–Crippen LogP) is -0.395. The zero-order chi connectivity index (χ0) is 14.8. The van der Waals surface area contributed by atoms with Crippen LogP contribution in [0.1, 0.15) is 23.0 Å². The van der Waals surface area contributed by atoms with Crippen molar-refractivity contribution in [2.24, 2.45) is 5.14 Å². The molecule has 0 aromatic carbocycles. The Labute approximate surface area is 118 Å². The minimum absolute atomic E-state index is 0.172. The van der Waals surface area contributed by atoms with Gasteiger partial charge in [0.2, 0.25) is 0 Å². The van der Waals surface area contributed by atoms with Gasteiger partial charge < -0.3 is 4.90 Å². The topological polar surface area (TPSA) is 96.6 Å². The van der Waals surface area contributed by atoms with E-state index in [1.807, 2.05) is 13.0 Å². The highest BCUT2D eigenvalue weighted by atomic mass is 32.2. The second-order valence-corrected chi connectivity index (χ2v) is 6.19. The number of amides is 1. The summed E-state index contributed by atoms with van der Waals surface area (Å²) in [4.78, 5) is 18.0. The Kier molecular flexibility index (Phi) is 4.36. The summed E-state index contributed by atoms with van der Waals surface area (Å²) in [6.07, 6.45) is 2.45. The van der Waals surface area contributed by atoms with Gasteiger partial charge >= 0.3 is 0 Å². The lowest BCUT2D eigenvalue weighted by atomic mass is 10.1. The molecule has 20 heavy (non-hydrogen) atoms. The van der Waals surface area contributed by atoms with Crippen LogP contribution < -0.4 is 5.14 Å². The highest BCUT2D eigenvalue weighted by Crippen LogP contribution is 2.10. The highest BCUT2D eigenvalue weighted by Gasteiger charge is 2.27. The Balaban J connectivity index is 2.05. The number of piperazine rings is 1. The van der Waals surface area contributed by atoms with E-state index in [2.05, 4.69) is 4.98 Å². The number of nitrogens with two attached hydrogens (primary N) is 1. The van der Waals surface area contributed by atoms with Crippen molar-refractivity contribution in [3.8, 4) is 0 Å². The maximum atomic E-state index is 12.3. The molecule has 0 spiro atoms. The predicted molar refractivity (Wildman–Crippen MR) is 74.2 cm³/mol. The molecule has 1 aliphatic rings. The molecule has 1 aromatic heterocycles. The summed E-state index contributed by atoms with van der Waals surface area (Å²) in [6, 6.07) is 3.64. The molecule has 0 saturated carbocycles. The van der Waals surface area contributed by atoms with Crippen molar-refractivity contribution < 1.29 is 13.2 Å². The molecule has 2 heterocycles. The van der Waals surface area contributed by atoms with Gasteiger partial charge in [0, 0.05) is 32.4 Å². The summed E-state index contributed by atoms with van der Waals surface area (Å²) >= 11 is 0. The van der Waals surface area contributed by atoms with Gasteiger partial charge in [-0.3, -0.25) is 9.78 Å². The van der Waals surface area contributed by atoms with Gasteiger partial charge in [-0.2, -0.15) is 12.7 Å². The minimum atomic E-state index is -3.67. The summed E-state index contributed by atoms with van der Waals surface area (Å²) in [5.41, 5.74) is 1.44. The molecule has 2 N–H and O–H groups in total. The fourth-order valence-electron chi connectivity index (χ4n) is 2.12. The first-order chi connectivity index (χ1) is 9.41. The molecule has 0 radical (unpaired) electrons. The maximum absolute atomic E-state index is 12.3. The van der Waals surface area contributed by atoms with Crippen molar-refractivity contribution in [1.29, 1.82) is 0 Å². The van der Waals surface area contributed by atoms with E-state index in [1.54, 1.807) is 17.2 Å². The summed E-state index contributed by atoms with van der Waals surface area (Å²) in [5.74, 6) is -0.172. The third kappa shape index (κ3) is 3.33. The number of carbonyl (C=O) groups is 1. The van der Waals surface area contributed by atoms with Gasteiger partial charge in [-0.25, -0.2) is 5.14 Å². The Hall–Kier alpha value is -1.51. The number of rotatable bonds is 3. The highest BCUT2D eigenvalue weighted by molar-refractivity contribution is 7.86. The molecule has 1 amide bonds. The van der Waals surface area contributed by atoms with Crippen LogP contribution in [-0.4, -0.2) is 54.7 Å². The van der Waals surface area contributed by atoms with Crippen molar-refractivity contribution in [1.82, 2.24) is 14.2 Å². The van der Waals surface area contributed by atoms with Gasteiger partial charge in [0.25, 0.3) is 16.1 Å². The van der Waals surface area contributed by atoms with Gasteiger partial charge in [-0.1, -0.05) is 6.92 Å². The minimum Gasteiger partial charge on any atom is -0.335 e. The van der Waals surface area contributed by atoms with Gasteiger partial charge in [0.05, 0.1) is 0 Å². The van der Waals surface area contributed by atoms with Crippen LogP contribution in [0.25, 0.3) is 0 Å². The van der Waals surface area contributed by atoms with Crippen LogP contribution in [0.15, 0.2) is 18.3 Å². The van der Waals surface area contributed by atoms with Crippen molar-refractivity contribution in [3.63, 3.8) is 0 Å². The van der Waals surface area contributed by atoms with Crippen molar-refractivity contribution in [2.45, 2.75) is 13.3 Å². The third-order valence-corrected chi connectivity index (χ3v) is 4.42. The van der Waals surface area contributed by atoms with Gasteiger partial charge in [0.15, 0.2) is 0 Å². The summed E-state index contributed by atoms with van der Waals surface area (Å²) < 4.78 is 23.6. The van der Waals surface area contributed by atoms with E-state index >= 15 is 0 Å². The number of aryl methyl sites for hydroxylation is 1. The first-order valence-corrected chi connectivity index (χ1v) is 7.94. The fourth-order valence-corrected chi connectivity index (χ4v) is 2.79. The maximum Gasteiger partial charge on any atom is 0.277 e. The van der Waals surface area contributed by atoms with Gasteiger partial charge in [-0.05, 0) is 24.1 Å². The molecule has 1 aromatic rings. The van der Waals surface area contributed by atoms with Gasteiger partial charge in [-0.15, -0.1) is 0 Å². The third-order valence-electron chi connectivity index (χ3n) is 3.34. The number of aromatic nitrogens is 1. The summed E-state index contributed by atoms with van der Waals surface area (Å²) in [7, 11) is -3.67. The van der Waals surface area contributed by atoms with E-state index in [4.69, 9.17) is 5.14 Å².